The number of sulfonamides is 1. The van der Waals surface area contributed by atoms with Crippen molar-refractivity contribution in [3.8, 4) is 0 Å². The number of benzene rings is 2. The van der Waals surface area contributed by atoms with E-state index >= 15 is 0 Å². The van der Waals surface area contributed by atoms with Gasteiger partial charge in [0.25, 0.3) is 0 Å². The highest BCUT2D eigenvalue weighted by Crippen LogP contribution is 2.32. The van der Waals surface area contributed by atoms with Gasteiger partial charge in [-0.15, -0.1) is 0 Å². The van der Waals surface area contributed by atoms with E-state index in [0.29, 0.717) is 21.8 Å². The minimum absolute atomic E-state index is 0.209. The van der Waals surface area contributed by atoms with Gasteiger partial charge in [0.2, 0.25) is 15.9 Å². The second-order valence-electron chi connectivity index (χ2n) is 8.22. The molecule has 1 saturated carbocycles. The molecule has 168 valence electrons. The number of amides is 1. The van der Waals surface area contributed by atoms with Gasteiger partial charge in [0.05, 0.1) is 27.2 Å². The van der Waals surface area contributed by atoms with Crippen molar-refractivity contribution in [1.29, 1.82) is 0 Å². The summed E-state index contributed by atoms with van der Waals surface area (Å²) in [4.78, 5) is 13.2. The largest absolute Gasteiger partial charge is 0.324 e. The molecule has 0 aromatic heterocycles. The van der Waals surface area contributed by atoms with Gasteiger partial charge < -0.3 is 5.32 Å². The Kier molecular flexibility index (Phi) is 7.68. The van der Waals surface area contributed by atoms with Crippen molar-refractivity contribution >= 4 is 44.8 Å². The Labute approximate surface area is 194 Å². The zero-order valence-corrected chi connectivity index (χ0v) is 20.4. The molecular weight excluding hydrogens is 455 g/mol. The quantitative estimate of drug-likeness (QED) is 0.558. The third-order valence-electron chi connectivity index (χ3n) is 5.68. The van der Waals surface area contributed by atoms with Crippen LogP contribution in [0, 0.1) is 20.8 Å². The Balaban J connectivity index is 1.95. The summed E-state index contributed by atoms with van der Waals surface area (Å²) in [5.74, 6) is -0.444. The van der Waals surface area contributed by atoms with Gasteiger partial charge in [0, 0.05) is 6.04 Å². The number of nitrogens with one attached hydrogen (secondary N) is 1. The Morgan fingerprint density at radius 2 is 1.68 bits per heavy atom. The Morgan fingerprint density at radius 1 is 1.06 bits per heavy atom. The van der Waals surface area contributed by atoms with Crippen LogP contribution in [-0.4, -0.2) is 31.2 Å². The highest BCUT2D eigenvalue weighted by atomic mass is 35.5. The summed E-state index contributed by atoms with van der Waals surface area (Å²) in [7, 11) is -3.87. The molecule has 1 fully saturated rings. The topological polar surface area (TPSA) is 66.5 Å². The van der Waals surface area contributed by atoms with E-state index < -0.39 is 15.9 Å². The van der Waals surface area contributed by atoms with E-state index in [1.165, 1.54) is 4.31 Å². The number of hydrogen-bond donors (Lipinski definition) is 1. The lowest BCUT2D eigenvalue weighted by Crippen LogP contribution is -2.46. The first-order chi connectivity index (χ1) is 14.6. The molecule has 1 aliphatic rings. The Bertz CT molecular complexity index is 1060. The van der Waals surface area contributed by atoms with E-state index in [0.717, 1.165) is 37.7 Å². The standard InChI is InChI=1S/C23H28Cl2N2O3S/c1-15-12-16(2)23(17(3)13-15)31(29,30)27(18-8-5-4-6-9-18)14-21(28)26-20-11-7-10-19(24)22(20)25/h7,10-13,18H,4-6,8-9,14H2,1-3H3,(H,26,28). The number of carbonyl (C=O) groups excluding carboxylic acids is 1. The van der Waals surface area contributed by atoms with Crippen molar-refractivity contribution in [3.63, 3.8) is 0 Å². The molecule has 0 saturated heterocycles. The zero-order valence-electron chi connectivity index (χ0n) is 18.0. The van der Waals surface area contributed by atoms with Gasteiger partial charge >= 0.3 is 0 Å². The molecule has 5 nitrogen and oxygen atoms in total. The van der Waals surface area contributed by atoms with E-state index in [2.05, 4.69) is 5.32 Å². The van der Waals surface area contributed by atoms with Crippen molar-refractivity contribution in [3.05, 3.63) is 57.1 Å². The van der Waals surface area contributed by atoms with Crippen LogP contribution < -0.4 is 5.32 Å². The van der Waals surface area contributed by atoms with Crippen LogP contribution >= 0.6 is 23.2 Å². The minimum atomic E-state index is -3.87. The number of carbonyl (C=O) groups is 1. The van der Waals surface area contributed by atoms with E-state index in [4.69, 9.17) is 23.2 Å². The van der Waals surface area contributed by atoms with E-state index in [1.54, 1.807) is 32.0 Å². The maximum atomic E-state index is 13.8. The molecule has 0 bridgehead atoms. The van der Waals surface area contributed by atoms with Crippen LogP contribution in [0.4, 0.5) is 5.69 Å². The molecule has 0 heterocycles. The first-order valence-electron chi connectivity index (χ1n) is 10.4. The molecule has 8 heteroatoms. The molecule has 3 rings (SSSR count). The summed E-state index contributed by atoms with van der Waals surface area (Å²) in [6.07, 6.45) is 4.47. The van der Waals surface area contributed by atoms with Crippen LogP contribution in [0.3, 0.4) is 0 Å². The van der Waals surface area contributed by atoms with Crippen LogP contribution in [0.5, 0.6) is 0 Å². The summed E-state index contributed by atoms with van der Waals surface area (Å²) in [6, 6.07) is 8.47. The van der Waals surface area contributed by atoms with Gasteiger partial charge in [-0.3, -0.25) is 4.79 Å². The second-order valence-corrected chi connectivity index (χ2v) is 10.8. The summed E-state index contributed by atoms with van der Waals surface area (Å²) in [5, 5.41) is 3.27. The summed E-state index contributed by atoms with van der Waals surface area (Å²) in [5.41, 5.74) is 2.75. The van der Waals surface area contributed by atoms with Gasteiger partial charge in [-0.25, -0.2) is 8.42 Å². The molecule has 1 amide bonds. The zero-order chi connectivity index (χ0) is 22.8. The van der Waals surface area contributed by atoms with Crippen LogP contribution in [-0.2, 0) is 14.8 Å². The molecule has 2 aromatic rings. The number of anilines is 1. The number of rotatable bonds is 6. The number of hydrogen-bond acceptors (Lipinski definition) is 3. The number of halogens is 2. The molecule has 0 radical (unpaired) electrons. The van der Waals surface area contributed by atoms with Crippen LogP contribution in [0.2, 0.25) is 10.0 Å². The fourth-order valence-corrected chi connectivity index (χ4v) is 6.81. The number of aryl methyl sites for hydroxylation is 3. The second kappa shape index (κ2) is 9.90. The average Bonchev–Trinajstić information content (AvgIpc) is 2.69. The monoisotopic (exact) mass is 482 g/mol. The van der Waals surface area contributed by atoms with Crippen molar-refractivity contribution in [1.82, 2.24) is 4.31 Å². The SMILES string of the molecule is Cc1cc(C)c(S(=O)(=O)N(CC(=O)Nc2cccc(Cl)c2Cl)C2CCCCC2)c(C)c1. The number of nitrogens with zero attached hydrogens (tertiary/aromatic N) is 1. The predicted molar refractivity (Wildman–Crippen MR) is 127 cm³/mol. The van der Waals surface area contributed by atoms with Crippen molar-refractivity contribution in [2.75, 3.05) is 11.9 Å². The highest BCUT2D eigenvalue weighted by molar-refractivity contribution is 7.89. The summed E-state index contributed by atoms with van der Waals surface area (Å²) < 4.78 is 29.0. The molecule has 0 unspecified atom stereocenters. The lowest BCUT2D eigenvalue weighted by atomic mass is 9.95. The minimum Gasteiger partial charge on any atom is -0.324 e. The van der Waals surface area contributed by atoms with Crippen LogP contribution in [0.1, 0.15) is 48.8 Å². The maximum Gasteiger partial charge on any atom is 0.244 e. The molecular formula is C23H28Cl2N2O3S. The predicted octanol–water partition coefficient (Wildman–Crippen LogP) is 5.88. The molecule has 31 heavy (non-hydrogen) atoms. The Hall–Kier alpha value is -1.60. The Morgan fingerprint density at radius 3 is 2.29 bits per heavy atom. The average molecular weight is 483 g/mol. The molecule has 2 aromatic carbocycles. The fourth-order valence-electron chi connectivity index (χ4n) is 4.40. The van der Waals surface area contributed by atoms with Crippen molar-refractivity contribution in [2.24, 2.45) is 0 Å². The lowest BCUT2D eigenvalue weighted by Gasteiger charge is -2.33. The van der Waals surface area contributed by atoms with Gasteiger partial charge in [-0.1, -0.05) is 66.2 Å². The maximum absolute atomic E-state index is 13.8. The third-order valence-corrected chi connectivity index (χ3v) is 8.70. The highest BCUT2D eigenvalue weighted by Gasteiger charge is 2.35. The van der Waals surface area contributed by atoms with Crippen LogP contribution in [0.15, 0.2) is 35.2 Å². The molecule has 0 spiro atoms. The molecule has 1 aliphatic carbocycles. The molecule has 0 aliphatic heterocycles. The molecule has 0 atom stereocenters. The molecule has 1 N–H and O–H groups in total. The van der Waals surface area contributed by atoms with Gasteiger partial charge in [0.15, 0.2) is 0 Å². The van der Waals surface area contributed by atoms with Crippen molar-refractivity contribution < 1.29 is 13.2 Å². The van der Waals surface area contributed by atoms with Gasteiger partial charge in [0.1, 0.15) is 0 Å². The first kappa shape index (κ1) is 24.1. The van der Waals surface area contributed by atoms with E-state index in [9.17, 15) is 13.2 Å². The van der Waals surface area contributed by atoms with Gasteiger partial charge in [-0.2, -0.15) is 4.31 Å². The smallest absolute Gasteiger partial charge is 0.244 e. The van der Waals surface area contributed by atoms with Crippen molar-refractivity contribution in [2.45, 2.75) is 63.8 Å². The fraction of sp³-hybridized carbons (Fsp3) is 0.435. The first-order valence-corrected chi connectivity index (χ1v) is 12.6. The van der Waals surface area contributed by atoms with E-state index in [-0.39, 0.29) is 22.5 Å². The van der Waals surface area contributed by atoms with Crippen LogP contribution in [0.25, 0.3) is 0 Å². The third kappa shape index (κ3) is 5.43. The normalized spacial score (nSPS) is 15.3. The lowest BCUT2D eigenvalue weighted by molar-refractivity contribution is -0.116. The van der Waals surface area contributed by atoms with E-state index in [1.807, 2.05) is 19.1 Å². The van der Waals surface area contributed by atoms with Gasteiger partial charge in [-0.05, 0) is 56.9 Å². The summed E-state index contributed by atoms with van der Waals surface area (Å²) >= 11 is 12.2. The summed E-state index contributed by atoms with van der Waals surface area (Å²) in [6.45, 7) is 5.27.